The van der Waals surface area contributed by atoms with E-state index < -0.39 is 24.7 Å². The molecule has 2 aliphatic heterocycles. The summed E-state index contributed by atoms with van der Waals surface area (Å²) in [5.41, 5.74) is 0.661. The standard InChI is InChI=1S/C18H14Cl2F3N5O3/c19-11-7-10(27-5-6-31-15-13(16(27)29)14(20)24-9-25-15)1-2-12(11)28-4-3-26(17(28)30)8-18(21,22)23/h1-2,7,9H,3-6,8H2. The van der Waals surface area contributed by atoms with Crippen LogP contribution in [0.5, 0.6) is 5.88 Å². The molecule has 0 spiro atoms. The second-order valence-corrected chi connectivity index (χ2v) is 7.52. The van der Waals surface area contributed by atoms with Gasteiger partial charge in [-0.15, -0.1) is 0 Å². The number of halogens is 5. The van der Waals surface area contributed by atoms with Crippen molar-refractivity contribution in [3.8, 4) is 5.88 Å². The monoisotopic (exact) mass is 475 g/mol. The first-order chi connectivity index (χ1) is 14.7. The SMILES string of the molecule is O=C1c2c(Cl)ncnc2OCCN1c1ccc(N2CCN(CC(F)(F)F)C2=O)c(Cl)c1. The summed E-state index contributed by atoms with van der Waals surface area (Å²) in [6, 6.07) is 3.69. The highest BCUT2D eigenvalue weighted by atomic mass is 35.5. The Morgan fingerprint density at radius 2 is 1.84 bits per heavy atom. The molecule has 0 N–H and O–H groups in total. The van der Waals surface area contributed by atoms with Crippen molar-refractivity contribution in [2.45, 2.75) is 6.18 Å². The van der Waals surface area contributed by atoms with Gasteiger partial charge in [-0.3, -0.25) is 9.69 Å². The van der Waals surface area contributed by atoms with Crippen molar-refractivity contribution in [3.63, 3.8) is 0 Å². The van der Waals surface area contributed by atoms with Crippen molar-refractivity contribution in [1.82, 2.24) is 14.9 Å². The van der Waals surface area contributed by atoms with E-state index in [1.807, 2.05) is 0 Å². The van der Waals surface area contributed by atoms with Crippen molar-refractivity contribution in [2.24, 2.45) is 0 Å². The van der Waals surface area contributed by atoms with Gasteiger partial charge in [-0.05, 0) is 18.2 Å². The zero-order valence-electron chi connectivity index (χ0n) is 15.7. The number of anilines is 2. The van der Waals surface area contributed by atoms with Gasteiger partial charge >= 0.3 is 12.2 Å². The molecule has 0 aliphatic carbocycles. The number of carbonyl (C=O) groups excluding carboxylic acids is 2. The van der Waals surface area contributed by atoms with Gasteiger partial charge in [0.1, 0.15) is 30.2 Å². The molecule has 0 unspecified atom stereocenters. The molecule has 3 heterocycles. The molecular formula is C18H14Cl2F3N5O3. The Bertz CT molecular complexity index is 1050. The molecule has 164 valence electrons. The fourth-order valence-corrected chi connectivity index (χ4v) is 3.89. The third-order valence-corrected chi connectivity index (χ3v) is 5.37. The number of benzene rings is 1. The lowest BCUT2D eigenvalue weighted by molar-refractivity contribution is -0.138. The Kier molecular flexibility index (Phi) is 5.56. The van der Waals surface area contributed by atoms with Crippen LogP contribution in [0.3, 0.4) is 0 Å². The lowest BCUT2D eigenvalue weighted by Gasteiger charge is -2.23. The molecule has 4 rings (SSSR count). The second-order valence-electron chi connectivity index (χ2n) is 6.76. The molecule has 0 atom stereocenters. The lowest BCUT2D eigenvalue weighted by atomic mass is 10.2. The van der Waals surface area contributed by atoms with Crippen LogP contribution in [0.2, 0.25) is 10.2 Å². The third kappa shape index (κ3) is 4.19. The maximum atomic E-state index is 13.0. The van der Waals surface area contributed by atoms with Crippen LogP contribution in [0.1, 0.15) is 10.4 Å². The Morgan fingerprint density at radius 1 is 1.06 bits per heavy atom. The zero-order chi connectivity index (χ0) is 22.3. The van der Waals surface area contributed by atoms with Gasteiger partial charge < -0.3 is 14.5 Å². The molecule has 8 nitrogen and oxygen atoms in total. The van der Waals surface area contributed by atoms with Crippen LogP contribution in [0, 0.1) is 0 Å². The average Bonchev–Trinajstić information content (AvgIpc) is 2.93. The minimum absolute atomic E-state index is 0.0133. The molecule has 31 heavy (non-hydrogen) atoms. The minimum atomic E-state index is -4.49. The van der Waals surface area contributed by atoms with Gasteiger partial charge in [0.05, 0.1) is 17.3 Å². The molecule has 1 aromatic carbocycles. The van der Waals surface area contributed by atoms with E-state index in [0.717, 1.165) is 0 Å². The second kappa shape index (κ2) is 8.04. The van der Waals surface area contributed by atoms with Crippen molar-refractivity contribution in [3.05, 3.63) is 40.3 Å². The van der Waals surface area contributed by atoms with Crippen molar-refractivity contribution in [1.29, 1.82) is 0 Å². The number of fused-ring (bicyclic) bond motifs is 1. The Hall–Kier alpha value is -2.79. The number of rotatable bonds is 3. The molecule has 0 radical (unpaired) electrons. The molecule has 13 heteroatoms. The van der Waals surface area contributed by atoms with Crippen molar-refractivity contribution >= 4 is 46.5 Å². The van der Waals surface area contributed by atoms with Gasteiger partial charge in [0, 0.05) is 18.8 Å². The molecule has 1 aromatic heterocycles. The molecule has 1 fully saturated rings. The number of ether oxygens (including phenoxy) is 1. The number of hydrogen-bond donors (Lipinski definition) is 0. The van der Waals surface area contributed by atoms with Crippen LogP contribution in [0.15, 0.2) is 24.5 Å². The largest absolute Gasteiger partial charge is 0.475 e. The number of amides is 3. The average molecular weight is 476 g/mol. The maximum absolute atomic E-state index is 13.0. The van der Waals surface area contributed by atoms with Crippen LogP contribution in [0.25, 0.3) is 0 Å². The van der Waals surface area contributed by atoms with Gasteiger partial charge in [-0.2, -0.15) is 13.2 Å². The van der Waals surface area contributed by atoms with Crippen LogP contribution in [0.4, 0.5) is 29.3 Å². The first-order valence-electron chi connectivity index (χ1n) is 9.03. The van der Waals surface area contributed by atoms with E-state index in [9.17, 15) is 22.8 Å². The molecule has 3 amide bonds. The summed E-state index contributed by atoms with van der Waals surface area (Å²) in [6.45, 7) is -1.04. The number of hydrogen-bond acceptors (Lipinski definition) is 5. The quantitative estimate of drug-likeness (QED) is 0.633. The van der Waals surface area contributed by atoms with Gasteiger partial charge in [-0.1, -0.05) is 23.2 Å². The summed E-state index contributed by atoms with van der Waals surface area (Å²) < 4.78 is 43.4. The van der Waals surface area contributed by atoms with E-state index in [0.29, 0.717) is 10.6 Å². The topological polar surface area (TPSA) is 78.9 Å². The Morgan fingerprint density at radius 3 is 2.55 bits per heavy atom. The van der Waals surface area contributed by atoms with Crippen LogP contribution in [-0.2, 0) is 0 Å². The maximum Gasteiger partial charge on any atom is 0.406 e. The molecule has 2 aliphatic rings. The van der Waals surface area contributed by atoms with Gasteiger partial charge in [0.15, 0.2) is 0 Å². The fraction of sp³-hybridized carbons (Fsp3) is 0.333. The minimum Gasteiger partial charge on any atom is -0.475 e. The summed E-state index contributed by atoms with van der Waals surface area (Å²) in [4.78, 5) is 36.4. The number of aromatic nitrogens is 2. The predicted molar refractivity (Wildman–Crippen MR) is 106 cm³/mol. The van der Waals surface area contributed by atoms with E-state index in [1.54, 1.807) is 6.07 Å². The van der Waals surface area contributed by atoms with E-state index >= 15 is 0 Å². The van der Waals surface area contributed by atoms with Gasteiger partial charge in [0.25, 0.3) is 5.91 Å². The van der Waals surface area contributed by atoms with E-state index in [2.05, 4.69) is 9.97 Å². The Balaban J connectivity index is 1.59. The highest BCUT2D eigenvalue weighted by Gasteiger charge is 2.39. The summed E-state index contributed by atoms with van der Waals surface area (Å²) >= 11 is 12.4. The number of nitrogens with zero attached hydrogens (tertiary/aromatic N) is 5. The van der Waals surface area contributed by atoms with Gasteiger partial charge in [0.2, 0.25) is 5.88 Å². The third-order valence-electron chi connectivity index (χ3n) is 4.78. The lowest BCUT2D eigenvalue weighted by Crippen LogP contribution is -2.38. The summed E-state index contributed by atoms with van der Waals surface area (Å²) in [5, 5.41) is 0.0466. The van der Waals surface area contributed by atoms with E-state index in [-0.39, 0.29) is 53.5 Å². The fourth-order valence-electron chi connectivity index (χ4n) is 3.41. The van der Waals surface area contributed by atoms with E-state index in [4.69, 9.17) is 27.9 Å². The Labute approximate surface area is 184 Å². The van der Waals surface area contributed by atoms with Crippen LogP contribution >= 0.6 is 23.2 Å². The van der Waals surface area contributed by atoms with Crippen LogP contribution in [-0.4, -0.2) is 65.8 Å². The molecule has 0 saturated carbocycles. The van der Waals surface area contributed by atoms with E-state index in [1.165, 1.54) is 28.3 Å². The molecular weight excluding hydrogens is 462 g/mol. The number of carbonyl (C=O) groups is 2. The molecule has 0 bridgehead atoms. The first-order valence-corrected chi connectivity index (χ1v) is 9.79. The van der Waals surface area contributed by atoms with Crippen molar-refractivity contribution < 1.29 is 27.5 Å². The number of alkyl halides is 3. The molecule has 1 saturated heterocycles. The highest BCUT2D eigenvalue weighted by Crippen LogP contribution is 2.35. The zero-order valence-corrected chi connectivity index (χ0v) is 17.2. The normalized spacial score (nSPS) is 17.0. The highest BCUT2D eigenvalue weighted by molar-refractivity contribution is 6.35. The smallest absolute Gasteiger partial charge is 0.406 e. The summed E-state index contributed by atoms with van der Waals surface area (Å²) in [5.74, 6) is -0.418. The predicted octanol–water partition coefficient (Wildman–Crippen LogP) is 3.63. The summed E-state index contributed by atoms with van der Waals surface area (Å²) in [7, 11) is 0. The van der Waals surface area contributed by atoms with Crippen molar-refractivity contribution in [2.75, 3.05) is 42.6 Å². The first kappa shape index (κ1) is 21.4. The molecule has 2 aromatic rings. The number of urea groups is 1. The summed E-state index contributed by atoms with van der Waals surface area (Å²) in [6.07, 6.45) is -3.30. The van der Waals surface area contributed by atoms with Crippen LogP contribution < -0.4 is 14.5 Å². The van der Waals surface area contributed by atoms with Gasteiger partial charge in [-0.25, -0.2) is 14.8 Å².